The van der Waals surface area contributed by atoms with E-state index in [1.165, 1.54) is 19.3 Å². The van der Waals surface area contributed by atoms with Crippen LogP contribution in [0.4, 0.5) is 8.78 Å². The molecule has 1 aliphatic carbocycles. The zero-order valence-corrected chi connectivity index (χ0v) is 12.0. The largest absolute Gasteiger partial charge is 0.381 e. The summed E-state index contributed by atoms with van der Waals surface area (Å²) in [7, 11) is 0. The summed E-state index contributed by atoms with van der Waals surface area (Å²) in [6.07, 6.45) is 4.65. The summed E-state index contributed by atoms with van der Waals surface area (Å²) < 4.78 is 31.9. The van der Waals surface area contributed by atoms with Gasteiger partial charge in [-0.1, -0.05) is 20.3 Å². The van der Waals surface area contributed by atoms with Crippen LogP contribution < -0.4 is 5.32 Å². The van der Waals surface area contributed by atoms with Crippen LogP contribution in [0.1, 0.15) is 39.5 Å². The maximum absolute atomic E-state index is 13.3. The zero-order chi connectivity index (χ0) is 12.5. The molecule has 2 atom stereocenters. The van der Waals surface area contributed by atoms with E-state index in [1.807, 2.05) is 0 Å². The van der Waals surface area contributed by atoms with Gasteiger partial charge in [-0.15, -0.1) is 12.4 Å². The molecule has 108 valence electrons. The Kier molecular flexibility index (Phi) is 5.39. The summed E-state index contributed by atoms with van der Waals surface area (Å²) in [4.78, 5) is 0. The second-order valence-corrected chi connectivity index (χ2v) is 5.91. The first-order valence-corrected chi connectivity index (χ1v) is 6.65. The van der Waals surface area contributed by atoms with Crippen molar-refractivity contribution in [1.29, 1.82) is 0 Å². The van der Waals surface area contributed by atoms with Gasteiger partial charge in [-0.3, -0.25) is 0 Å². The first-order chi connectivity index (χ1) is 7.96. The minimum Gasteiger partial charge on any atom is -0.381 e. The van der Waals surface area contributed by atoms with E-state index in [0.29, 0.717) is 12.6 Å². The van der Waals surface area contributed by atoms with Crippen LogP contribution in [0.2, 0.25) is 0 Å². The molecular formula is C13H24ClF2NO. The Morgan fingerprint density at radius 2 is 1.94 bits per heavy atom. The Bertz CT molecular complexity index is 254. The van der Waals surface area contributed by atoms with E-state index in [-0.39, 0.29) is 19.0 Å². The van der Waals surface area contributed by atoms with Gasteiger partial charge >= 0.3 is 0 Å². The molecule has 1 saturated heterocycles. The molecule has 2 fully saturated rings. The molecule has 2 rings (SSSR count). The number of hydrogen-bond donors (Lipinski definition) is 1. The number of nitrogens with one attached hydrogen (secondary N) is 1. The molecular weight excluding hydrogens is 260 g/mol. The van der Waals surface area contributed by atoms with Gasteiger partial charge in [0.15, 0.2) is 0 Å². The first kappa shape index (κ1) is 16.1. The number of hydrogen-bond acceptors (Lipinski definition) is 2. The van der Waals surface area contributed by atoms with Crippen molar-refractivity contribution < 1.29 is 13.5 Å². The highest BCUT2D eigenvalue weighted by atomic mass is 35.5. The third-order valence-corrected chi connectivity index (χ3v) is 4.39. The smallest absolute Gasteiger partial charge is 0.259 e. The van der Waals surface area contributed by atoms with E-state index in [2.05, 4.69) is 5.32 Å². The van der Waals surface area contributed by atoms with Crippen molar-refractivity contribution in [3.8, 4) is 0 Å². The average Bonchev–Trinajstić information content (AvgIpc) is 2.67. The Morgan fingerprint density at radius 1 is 1.28 bits per heavy atom. The lowest BCUT2D eigenvalue weighted by Gasteiger charge is -2.23. The average molecular weight is 284 g/mol. The fourth-order valence-corrected chi connectivity index (χ4v) is 2.67. The van der Waals surface area contributed by atoms with E-state index in [9.17, 15) is 8.78 Å². The molecule has 0 radical (unpaired) electrons. The molecule has 5 heteroatoms. The van der Waals surface area contributed by atoms with Gasteiger partial charge in [0.05, 0.1) is 12.5 Å². The Balaban J connectivity index is 0.00000162. The minimum atomic E-state index is -2.53. The second-order valence-electron chi connectivity index (χ2n) is 5.91. The predicted molar refractivity (Wildman–Crippen MR) is 70.5 cm³/mol. The molecule has 2 aliphatic rings. The summed E-state index contributed by atoms with van der Waals surface area (Å²) in [6, 6.07) is 0.525. The van der Waals surface area contributed by atoms with E-state index in [4.69, 9.17) is 4.74 Å². The number of piperidine rings is 1. The highest BCUT2D eigenvalue weighted by Crippen LogP contribution is 2.65. The fourth-order valence-electron chi connectivity index (χ4n) is 2.67. The van der Waals surface area contributed by atoms with E-state index >= 15 is 0 Å². The quantitative estimate of drug-likeness (QED) is 0.782. The van der Waals surface area contributed by atoms with Gasteiger partial charge in [-0.25, -0.2) is 8.78 Å². The number of halogens is 3. The zero-order valence-electron chi connectivity index (χ0n) is 11.2. The van der Waals surface area contributed by atoms with Crippen LogP contribution in [0.5, 0.6) is 0 Å². The van der Waals surface area contributed by atoms with Crippen molar-refractivity contribution >= 4 is 12.4 Å². The monoisotopic (exact) mass is 283 g/mol. The molecule has 0 aromatic carbocycles. The third kappa shape index (κ3) is 3.14. The minimum absolute atomic E-state index is 0. The Morgan fingerprint density at radius 3 is 2.44 bits per heavy atom. The highest BCUT2D eigenvalue weighted by molar-refractivity contribution is 5.85. The lowest BCUT2D eigenvalue weighted by molar-refractivity contribution is 0.0429. The molecule has 18 heavy (non-hydrogen) atoms. The van der Waals surface area contributed by atoms with Crippen LogP contribution >= 0.6 is 12.4 Å². The van der Waals surface area contributed by atoms with Crippen molar-refractivity contribution in [3.05, 3.63) is 0 Å². The third-order valence-electron chi connectivity index (χ3n) is 4.39. The van der Waals surface area contributed by atoms with Crippen LogP contribution in [0.25, 0.3) is 0 Å². The van der Waals surface area contributed by atoms with Gasteiger partial charge in [0.2, 0.25) is 0 Å². The molecule has 1 aliphatic heterocycles. The first-order valence-electron chi connectivity index (χ1n) is 6.65. The van der Waals surface area contributed by atoms with Crippen LogP contribution in [0.15, 0.2) is 0 Å². The maximum atomic E-state index is 13.3. The lowest BCUT2D eigenvalue weighted by atomic mass is 10.0. The molecule has 1 saturated carbocycles. The van der Waals surface area contributed by atoms with Crippen molar-refractivity contribution in [2.75, 3.05) is 19.8 Å². The molecule has 2 nitrogen and oxygen atoms in total. The van der Waals surface area contributed by atoms with Crippen LogP contribution in [-0.2, 0) is 4.74 Å². The van der Waals surface area contributed by atoms with Crippen molar-refractivity contribution in [3.63, 3.8) is 0 Å². The van der Waals surface area contributed by atoms with E-state index in [0.717, 1.165) is 13.0 Å². The Hall–Kier alpha value is 0.0700. The molecule has 0 aromatic heterocycles. The molecule has 0 spiro atoms. The summed E-state index contributed by atoms with van der Waals surface area (Å²) in [5.74, 6) is -3.12. The summed E-state index contributed by atoms with van der Waals surface area (Å²) in [5, 5.41) is 3.43. The second kappa shape index (κ2) is 6.02. The summed E-state index contributed by atoms with van der Waals surface area (Å²) in [5.41, 5.74) is -0.865. The molecule has 1 N–H and O–H groups in total. The van der Waals surface area contributed by atoms with Gasteiger partial charge < -0.3 is 10.1 Å². The standard InChI is InChI=1S/C13H23F2NO.ClH/c1-12(2)11(13(12,14)15)9-17-8-6-10-5-3-4-7-16-10;/h10-11,16H,3-9H2,1-2H3;1H. The van der Waals surface area contributed by atoms with Crippen molar-refractivity contribution in [2.24, 2.45) is 11.3 Å². The highest BCUT2D eigenvalue weighted by Gasteiger charge is 2.74. The van der Waals surface area contributed by atoms with E-state index < -0.39 is 17.3 Å². The van der Waals surface area contributed by atoms with Crippen LogP contribution in [-0.4, -0.2) is 31.7 Å². The van der Waals surface area contributed by atoms with Gasteiger partial charge in [0.1, 0.15) is 0 Å². The normalized spacial score (nSPS) is 32.7. The molecule has 0 amide bonds. The molecule has 2 unspecified atom stereocenters. The molecule has 0 bridgehead atoms. The van der Waals surface area contributed by atoms with Crippen LogP contribution in [0.3, 0.4) is 0 Å². The topological polar surface area (TPSA) is 21.3 Å². The lowest BCUT2D eigenvalue weighted by Crippen LogP contribution is -2.34. The van der Waals surface area contributed by atoms with Gasteiger partial charge in [-0.05, 0) is 25.8 Å². The van der Waals surface area contributed by atoms with Gasteiger partial charge in [0, 0.05) is 18.1 Å². The van der Waals surface area contributed by atoms with Gasteiger partial charge in [0.25, 0.3) is 5.92 Å². The summed E-state index contributed by atoms with van der Waals surface area (Å²) >= 11 is 0. The SMILES string of the molecule is CC1(C)C(COCCC2CCCCN2)C1(F)F.Cl. The number of ether oxygens (including phenoxy) is 1. The number of alkyl halides is 2. The summed E-state index contributed by atoms with van der Waals surface area (Å²) in [6.45, 7) is 5.11. The van der Waals surface area contributed by atoms with Crippen molar-refractivity contribution in [2.45, 2.75) is 51.5 Å². The molecule has 1 heterocycles. The van der Waals surface area contributed by atoms with Gasteiger partial charge in [-0.2, -0.15) is 0 Å². The van der Waals surface area contributed by atoms with Crippen molar-refractivity contribution in [1.82, 2.24) is 5.32 Å². The fraction of sp³-hybridized carbons (Fsp3) is 1.00. The Labute approximate surface area is 114 Å². The maximum Gasteiger partial charge on any atom is 0.259 e. The number of rotatable bonds is 5. The predicted octanol–water partition coefficient (Wildman–Crippen LogP) is 3.25. The molecule has 0 aromatic rings. The van der Waals surface area contributed by atoms with Crippen LogP contribution in [0, 0.1) is 11.3 Å². The van der Waals surface area contributed by atoms with E-state index in [1.54, 1.807) is 13.8 Å².